The molecule has 3 N–H and O–H groups in total. The summed E-state index contributed by atoms with van der Waals surface area (Å²) in [7, 11) is 3.54. The minimum Gasteiger partial charge on any atom is -0.481 e. The average Bonchev–Trinajstić information content (AvgIpc) is 2.81. The Labute approximate surface area is 149 Å². The Bertz CT molecular complexity index is 494. The number of nitrogens with one attached hydrogen (secondary N) is 1. The normalized spacial score (nSPS) is 16.2. The predicted molar refractivity (Wildman–Crippen MR) is 99.9 cm³/mol. The highest BCUT2D eigenvalue weighted by molar-refractivity contribution is 14.0. The van der Waals surface area contributed by atoms with Crippen molar-refractivity contribution in [1.82, 2.24) is 15.1 Å². The Morgan fingerprint density at radius 1 is 1.41 bits per heavy atom. The van der Waals surface area contributed by atoms with Crippen molar-refractivity contribution in [3.63, 3.8) is 0 Å². The molecule has 1 aliphatic rings. The number of nitrogens with two attached hydrogens (primary N) is 1. The van der Waals surface area contributed by atoms with Gasteiger partial charge in [-0.25, -0.2) is 9.67 Å². The summed E-state index contributed by atoms with van der Waals surface area (Å²) in [5, 5.41) is 7.79. The highest BCUT2D eigenvalue weighted by atomic mass is 127. The molecule has 1 fully saturated rings. The zero-order valence-electron chi connectivity index (χ0n) is 13.8. The molecule has 0 unspecified atom stereocenters. The third-order valence-electron chi connectivity index (χ3n) is 4.06. The highest BCUT2D eigenvalue weighted by Crippen LogP contribution is 2.23. The molecule has 126 valence electrons. The van der Waals surface area contributed by atoms with Crippen molar-refractivity contribution >= 4 is 29.9 Å². The third-order valence-corrected chi connectivity index (χ3v) is 4.06. The third kappa shape index (κ3) is 4.76. The van der Waals surface area contributed by atoms with Crippen molar-refractivity contribution in [3.8, 4) is 5.88 Å². The fourth-order valence-electron chi connectivity index (χ4n) is 2.97. The van der Waals surface area contributed by atoms with Crippen LogP contribution < -0.4 is 15.8 Å². The Kier molecular flexibility index (Phi) is 7.98. The van der Waals surface area contributed by atoms with Crippen LogP contribution in [0, 0.1) is 0 Å². The van der Waals surface area contributed by atoms with E-state index in [1.807, 2.05) is 7.05 Å². The molecule has 0 aliphatic heterocycles. The van der Waals surface area contributed by atoms with Crippen LogP contribution in [0.3, 0.4) is 0 Å². The average molecular weight is 421 g/mol. The lowest BCUT2D eigenvalue weighted by Crippen LogP contribution is -2.41. The number of guanidine groups is 1. The van der Waals surface area contributed by atoms with Crippen LogP contribution in [0.15, 0.2) is 4.99 Å². The number of nitrogens with zero attached hydrogens (tertiary/aromatic N) is 3. The standard InChI is InChI=1S/C15H27N5O.HI/c1-4-13-12(14(21-3)20(2)19-13)10-17-15(16)18-11-8-6-5-7-9-11;/h11H,4-10H2,1-3H3,(H3,16,17,18);1H. The second-order valence-electron chi connectivity index (χ2n) is 5.59. The van der Waals surface area contributed by atoms with Crippen molar-refractivity contribution in [2.24, 2.45) is 17.8 Å². The maximum atomic E-state index is 6.01. The van der Waals surface area contributed by atoms with Gasteiger partial charge in [0.2, 0.25) is 5.88 Å². The predicted octanol–water partition coefficient (Wildman–Crippen LogP) is 2.35. The van der Waals surface area contributed by atoms with Crippen LogP contribution in [0.25, 0.3) is 0 Å². The van der Waals surface area contributed by atoms with Crippen LogP contribution in [0.4, 0.5) is 0 Å². The van der Waals surface area contributed by atoms with Gasteiger partial charge in [-0.2, -0.15) is 5.10 Å². The zero-order valence-corrected chi connectivity index (χ0v) is 16.1. The first-order chi connectivity index (χ1) is 10.2. The number of aromatic nitrogens is 2. The van der Waals surface area contributed by atoms with Crippen molar-refractivity contribution in [2.75, 3.05) is 7.11 Å². The molecule has 1 aromatic rings. The molecule has 1 aromatic heterocycles. The van der Waals surface area contributed by atoms with Gasteiger partial charge in [0.05, 0.1) is 24.9 Å². The van der Waals surface area contributed by atoms with E-state index >= 15 is 0 Å². The van der Waals surface area contributed by atoms with Crippen LogP contribution in [0.1, 0.15) is 50.3 Å². The van der Waals surface area contributed by atoms with Gasteiger partial charge in [-0.05, 0) is 19.3 Å². The van der Waals surface area contributed by atoms with Gasteiger partial charge in [-0.1, -0.05) is 26.2 Å². The topological polar surface area (TPSA) is 77.5 Å². The minimum absolute atomic E-state index is 0. The van der Waals surface area contributed by atoms with Gasteiger partial charge in [0, 0.05) is 13.1 Å². The summed E-state index contributed by atoms with van der Waals surface area (Å²) < 4.78 is 7.17. The maximum absolute atomic E-state index is 6.01. The number of hydrogen-bond donors (Lipinski definition) is 2. The summed E-state index contributed by atoms with van der Waals surface area (Å²) in [6, 6.07) is 0.476. The van der Waals surface area contributed by atoms with E-state index in [4.69, 9.17) is 10.5 Å². The van der Waals surface area contributed by atoms with E-state index in [0.29, 0.717) is 18.5 Å². The molecule has 22 heavy (non-hydrogen) atoms. The molecule has 6 nitrogen and oxygen atoms in total. The van der Waals surface area contributed by atoms with Gasteiger partial charge < -0.3 is 15.8 Å². The highest BCUT2D eigenvalue weighted by Gasteiger charge is 2.16. The summed E-state index contributed by atoms with van der Waals surface area (Å²) in [5.41, 5.74) is 8.05. The molecule has 7 heteroatoms. The molecule has 0 bridgehead atoms. The van der Waals surface area contributed by atoms with E-state index < -0.39 is 0 Å². The Morgan fingerprint density at radius 2 is 2.09 bits per heavy atom. The van der Waals surface area contributed by atoms with E-state index in [-0.39, 0.29) is 24.0 Å². The second-order valence-corrected chi connectivity index (χ2v) is 5.59. The smallest absolute Gasteiger partial charge is 0.216 e. The molecule has 0 spiro atoms. The molecule has 0 aromatic carbocycles. The molecule has 1 saturated carbocycles. The van der Waals surface area contributed by atoms with Gasteiger partial charge in [-0.3, -0.25) is 0 Å². The first-order valence-electron chi connectivity index (χ1n) is 7.80. The van der Waals surface area contributed by atoms with E-state index in [2.05, 4.69) is 22.3 Å². The van der Waals surface area contributed by atoms with Gasteiger partial charge in [0.1, 0.15) is 0 Å². The molecule has 0 atom stereocenters. The van der Waals surface area contributed by atoms with E-state index in [1.165, 1.54) is 32.1 Å². The first-order valence-corrected chi connectivity index (χ1v) is 7.80. The van der Waals surface area contributed by atoms with Crippen LogP contribution >= 0.6 is 24.0 Å². The van der Waals surface area contributed by atoms with Gasteiger partial charge in [-0.15, -0.1) is 24.0 Å². The fraction of sp³-hybridized carbons (Fsp3) is 0.733. The van der Waals surface area contributed by atoms with E-state index in [0.717, 1.165) is 23.6 Å². The van der Waals surface area contributed by atoms with Crippen molar-refractivity contribution in [1.29, 1.82) is 0 Å². The summed E-state index contributed by atoms with van der Waals surface area (Å²) in [6.07, 6.45) is 7.13. The quantitative estimate of drug-likeness (QED) is 0.435. The van der Waals surface area contributed by atoms with Crippen molar-refractivity contribution in [3.05, 3.63) is 11.3 Å². The number of halogens is 1. The number of rotatable bonds is 5. The first kappa shape index (κ1) is 19.1. The molecular formula is C15H28IN5O. The Hall–Kier alpha value is -0.990. The summed E-state index contributed by atoms with van der Waals surface area (Å²) in [4.78, 5) is 4.47. The molecule has 0 saturated heterocycles. The SMILES string of the molecule is CCc1nn(C)c(OC)c1CN=C(N)NC1CCCCC1.I. The number of aliphatic imine (C=N–C) groups is 1. The molecule has 0 radical (unpaired) electrons. The summed E-state index contributed by atoms with van der Waals surface area (Å²) in [6.45, 7) is 2.59. The summed E-state index contributed by atoms with van der Waals surface area (Å²) >= 11 is 0. The van der Waals surface area contributed by atoms with Gasteiger partial charge in [0.15, 0.2) is 5.96 Å². The Morgan fingerprint density at radius 3 is 2.68 bits per heavy atom. The zero-order chi connectivity index (χ0) is 15.2. The lowest BCUT2D eigenvalue weighted by atomic mass is 9.96. The van der Waals surface area contributed by atoms with Crippen LogP contribution in [0.2, 0.25) is 0 Å². The number of hydrogen-bond acceptors (Lipinski definition) is 3. The van der Waals surface area contributed by atoms with Gasteiger partial charge in [0.25, 0.3) is 0 Å². The summed E-state index contributed by atoms with van der Waals surface area (Å²) in [5.74, 6) is 1.29. The van der Waals surface area contributed by atoms with E-state index in [1.54, 1.807) is 11.8 Å². The maximum Gasteiger partial charge on any atom is 0.216 e. The van der Waals surface area contributed by atoms with Gasteiger partial charge >= 0.3 is 0 Å². The van der Waals surface area contributed by atoms with Crippen LogP contribution in [-0.2, 0) is 20.0 Å². The monoisotopic (exact) mass is 421 g/mol. The minimum atomic E-state index is 0. The lowest BCUT2D eigenvalue weighted by Gasteiger charge is -2.23. The molecule has 2 rings (SSSR count). The molecule has 0 amide bonds. The van der Waals surface area contributed by atoms with Crippen molar-refractivity contribution in [2.45, 2.75) is 58.0 Å². The van der Waals surface area contributed by atoms with Crippen molar-refractivity contribution < 1.29 is 4.74 Å². The number of methoxy groups -OCH3 is 1. The van der Waals surface area contributed by atoms with E-state index in [9.17, 15) is 0 Å². The van der Waals surface area contributed by atoms with Crippen LogP contribution in [0.5, 0.6) is 5.88 Å². The molecule has 1 heterocycles. The number of aryl methyl sites for hydroxylation is 2. The largest absolute Gasteiger partial charge is 0.481 e. The molecular weight excluding hydrogens is 393 g/mol. The van der Waals surface area contributed by atoms with Crippen LogP contribution in [-0.4, -0.2) is 28.9 Å². The number of ether oxygens (including phenoxy) is 1. The lowest BCUT2D eigenvalue weighted by molar-refractivity contribution is 0.369. The second kappa shape index (κ2) is 9.22. The Balaban J connectivity index is 0.00000242. The molecule has 1 aliphatic carbocycles. The fourth-order valence-corrected chi connectivity index (χ4v) is 2.97.